The van der Waals surface area contributed by atoms with E-state index in [1.54, 1.807) is 31.5 Å². The second-order valence-corrected chi connectivity index (χ2v) is 6.06. The van der Waals surface area contributed by atoms with Crippen molar-refractivity contribution in [3.05, 3.63) is 60.2 Å². The first-order chi connectivity index (χ1) is 12.2. The van der Waals surface area contributed by atoms with E-state index in [9.17, 15) is 4.79 Å². The van der Waals surface area contributed by atoms with E-state index in [1.807, 2.05) is 36.4 Å². The fraction of sp³-hybridized carbons (Fsp3) is 0.389. The SMILES string of the molecule is COCC(c1ccccn1)N(C)C(=O)C1CC(c2ccccn2)NN1. The maximum atomic E-state index is 12.9. The van der Waals surface area contributed by atoms with Crippen molar-refractivity contribution in [3.8, 4) is 0 Å². The Labute approximate surface area is 147 Å². The highest BCUT2D eigenvalue weighted by atomic mass is 16.5. The van der Waals surface area contributed by atoms with Crippen molar-refractivity contribution in [2.75, 3.05) is 20.8 Å². The van der Waals surface area contributed by atoms with Gasteiger partial charge in [-0.2, -0.15) is 0 Å². The third kappa shape index (κ3) is 4.01. The number of hydrogen-bond acceptors (Lipinski definition) is 6. The number of hydrogen-bond donors (Lipinski definition) is 2. The summed E-state index contributed by atoms with van der Waals surface area (Å²) in [5.41, 5.74) is 7.99. The molecule has 2 aromatic heterocycles. The van der Waals surface area contributed by atoms with Crippen molar-refractivity contribution in [1.29, 1.82) is 0 Å². The fourth-order valence-electron chi connectivity index (χ4n) is 3.02. The van der Waals surface area contributed by atoms with Gasteiger partial charge in [0.05, 0.1) is 30.1 Å². The zero-order valence-corrected chi connectivity index (χ0v) is 14.4. The number of carbonyl (C=O) groups excluding carboxylic acids is 1. The van der Waals surface area contributed by atoms with Gasteiger partial charge in [-0.25, -0.2) is 10.9 Å². The van der Waals surface area contributed by atoms with Gasteiger partial charge in [0.1, 0.15) is 6.04 Å². The smallest absolute Gasteiger partial charge is 0.241 e. The minimum Gasteiger partial charge on any atom is -0.382 e. The summed E-state index contributed by atoms with van der Waals surface area (Å²) in [6.07, 6.45) is 4.12. The van der Waals surface area contributed by atoms with Crippen LogP contribution in [0.15, 0.2) is 48.8 Å². The molecule has 3 heterocycles. The number of methoxy groups -OCH3 is 1. The summed E-state index contributed by atoms with van der Waals surface area (Å²) < 4.78 is 5.30. The molecule has 0 saturated carbocycles. The lowest BCUT2D eigenvalue weighted by Gasteiger charge is -2.29. The second kappa shape index (κ2) is 8.15. The lowest BCUT2D eigenvalue weighted by molar-refractivity contribution is -0.135. The Morgan fingerprint density at radius 2 is 2.00 bits per heavy atom. The van der Waals surface area contributed by atoms with Crippen LogP contribution in [-0.2, 0) is 9.53 Å². The van der Waals surface area contributed by atoms with Crippen LogP contribution < -0.4 is 10.9 Å². The summed E-state index contributed by atoms with van der Waals surface area (Å²) in [7, 11) is 3.41. The molecule has 3 atom stereocenters. The summed E-state index contributed by atoms with van der Waals surface area (Å²) in [5.74, 6) is -0.00126. The van der Waals surface area contributed by atoms with Gasteiger partial charge in [-0.1, -0.05) is 12.1 Å². The van der Waals surface area contributed by atoms with Crippen LogP contribution in [0.5, 0.6) is 0 Å². The molecule has 1 aliphatic heterocycles. The summed E-state index contributed by atoms with van der Waals surface area (Å²) in [4.78, 5) is 23.4. The van der Waals surface area contributed by atoms with E-state index < -0.39 is 0 Å². The first-order valence-electron chi connectivity index (χ1n) is 8.29. The number of pyridine rings is 2. The number of nitrogens with one attached hydrogen (secondary N) is 2. The van der Waals surface area contributed by atoms with Crippen molar-refractivity contribution in [1.82, 2.24) is 25.7 Å². The van der Waals surface area contributed by atoms with E-state index >= 15 is 0 Å². The fourth-order valence-corrected chi connectivity index (χ4v) is 3.02. The van der Waals surface area contributed by atoms with Crippen LogP contribution in [0.3, 0.4) is 0 Å². The van der Waals surface area contributed by atoms with E-state index in [2.05, 4.69) is 20.8 Å². The topological polar surface area (TPSA) is 79.4 Å². The molecule has 0 aromatic carbocycles. The molecule has 25 heavy (non-hydrogen) atoms. The Hall–Kier alpha value is -2.35. The van der Waals surface area contributed by atoms with Crippen LogP contribution in [0.25, 0.3) is 0 Å². The molecule has 3 unspecified atom stereocenters. The van der Waals surface area contributed by atoms with Gasteiger partial charge in [-0.3, -0.25) is 14.8 Å². The lowest BCUT2D eigenvalue weighted by atomic mass is 10.0. The number of likely N-dealkylation sites (N-methyl/N-ethyl adjacent to an activating group) is 1. The largest absolute Gasteiger partial charge is 0.382 e. The van der Waals surface area contributed by atoms with Crippen LogP contribution >= 0.6 is 0 Å². The molecule has 0 bridgehead atoms. The Bertz CT molecular complexity index is 682. The van der Waals surface area contributed by atoms with Crippen LogP contribution in [0.4, 0.5) is 0 Å². The number of rotatable bonds is 6. The Balaban J connectivity index is 1.69. The van der Waals surface area contributed by atoms with Gasteiger partial charge in [0.15, 0.2) is 0 Å². The van der Waals surface area contributed by atoms with Crippen LogP contribution in [-0.4, -0.2) is 47.6 Å². The van der Waals surface area contributed by atoms with E-state index in [4.69, 9.17) is 4.74 Å². The highest BCUT2D eigenvalue weighted by Crippen LogP contribution is 2.24. The molecule has 3 rings (SSSR count). The Kier molecular flexibility index (Phi) is 5.70. The third-order valence-electron chi connectivity index (χ3n) is 4.41. The number of amides is 1. The summed E-state index contributed by atoms with van der Waals surface area (Å²) in [6, 6.07) is 10.9. The van der Waals surface area contributed by atoms with E-state index in [0.29, 0.717) is 13.0 Å². The molecule has 0 radical (unpaired) electrons. The highest BCUT2D eigenvalue weighted by molar-refractivity contribution is 5.82. The van der Waals surface area contributed by atoms with Crippen LogP contribution in [0, 0.1) is 0 Å². The molecule has 1 aliphatic rings. The molecule has 7 nitrogen and oxygen atoms in total. The molecule has 1 fully saturated rings. The average molecular weight is 341 g/mol. The average Bonchev–Trinajstić information content (AvgIpc) is 3.16. The monoisotopic (exact) mass is 341 g/mol. The third-order valence-corrected chi connectivity index (χ3v) is 4.41. The number of nitrogens with zero attached hydrogens (tertiary/aromatic N) is 3. The van der Waals surface area contributed by atoms with Gasteiger partial charge in [-0.15, -0.1) is 0 Å². The van der Waals surface area contributed by atoms with E-state index in [1.165, 1.54) is 0 Å². The summed E-state index contributed by atoms with van der Waals surface area (Å²) >= 11 is 0. The van der Waals surface area contributed by atoms with Gasteiger partial charge >= 0.3 is 0 Å². The highest BCUT2D eigenvalue weighted by Gasteiger charge is 2.35. The van der Waals surface area contributed by atoms with Gasteiger partial charge in [-0.05, 0) is 30.7 Å². The van der Waals surface area contributed by atoms with Crippen LogP contribution in [0.1, 0.15) is 29.9 Å². The number of hydrazine groups is 1. The van der Waals surface area contributed by atoms with Crippen molar-refractivity contribution in [2.45, 2.75) is 24.5 Å². The van der Waals surface area contributed by atoms with Crippen LogP contribution in [0.2, 0.25) is 0 Å². The molecule has 1 amide bonds. The molecule has 0 aliphatic carbocycles. The lowest BCUT2D eigenvalue weighted by Crippen LogP contribution is -2.46. The van der Waals surface area contributed by atoms with Crippen molar-refractivity contribution in [3.63, 3.8) is 0 Å². The molecule has 1 saturated heterocycles. The normalized spacial score (nSPS) is 21.0. The molecule has 132 valence electrons. The first-order valence-corrected chi connectivity index (χ1v) is 8.29. The Morgan fingerprint density at radius 3 is 2.64 bits per heavy atom. The standard InChI is InChI=1S/C18H23N5O2/c1-23(17(12-25-2)14-8-4-6-10-20-14)18(24)16-11-15(21-22-16)13-7-3-5-9-19-13/h3-10,15-17,21-22H,11-12H2,1-2H3. The van der Waals surface area contributed by atoms with Gasteiger partial charge in [0, 0.05) is 26.6 Å². The minimum absolute atomic E-state index is 0.00126. The van der Waals surface area contributed by atoms with E-state index in [0.717, 1.165) is 11.4 Å². The zero-order valence-electron chi connectivity index (χ0n) is 14.4. The van der Waals surface area contributed by atoms with Crippen molar-refractivity contribution in [2.24, 2.45) is 0 Å². The van der Waals surface area contributed by atoms with Crippen molar-refractivity contribution < 1.29 is 9.53 Å². The molecule has 2 aromatic rings. The number of carbonyl (C=O) groups is 1. The number of aromatic nitrogens is 2. The maximum absolute atomic E-state index is 12.9. The molecular formula is C18H23N5O2. The van der Waals surface area contributed by atoms with E-state index in [-0.39, 0.29) is 24.0 Å². The number of ether oxygens (including phenoxy) is 1. The van der Waals surface area contributed by atoms with Gasteiger partial charge < -0.3 is 9.64 Å². The minimum atomic E-state index is -0.319. The van der Waals surface area contributed by atoms with Gasteiger partial charge in [0.2, 0.25) is 5.91 Å². The van der Waals surface area contributed by atoms with Crippen molar-refractivity contribution >= 4 is 5.91 Å². The molecule has 7 heteroatoms. The predicted octanol–water partition coefficient (Wildman–Crippen LogP) is 1.23. The summed E-state index contributed by atoms with van der Waals surface area (Å²) in [5, 5.41) is 0. The molecular weight excluding hydrogens is 318 g/mol. The predicted molar refractivity (Wildman–Crippen MR) is 93.3 cm³/mol. The molecule has 0 spiro atoms. The summed E-state index contributed by atoms with van der Waals surface area (Å²) in [6.45, 7) is 0.392. The second-order valence-electron chi connectivity index (χ2n) is 6.06. The first kappa shape index (κ1) is 17.5. The maximum Gasteiger partial charge on any atom is 0.241 e. The zero-order chi connectivity index (χ0) is 17.6. The quantitative estimate of drug-likeness (QED) is 0.823. The molecule has 2 N–H and O–H groups in total. The van der Waals surface area contributed by atoms with Gasteiger partial charge in [0.25, 0.3) is 0 Å². The Morgan fingerprint density at radius 1 is 1.24 bits per heavy atom.